The van der Waals surface area contributed by atoms with Crippen LogP contribution in [0.4, 0.5) is 0 Å². The minimum Gasteiger partial charge on any atom is -0.389 e. The lowest BCUT2D eigenvalue weighted by Crippen LogP contribution is -2.53. The molecule has 1 heterocycles. The zero-order valence-electron chi connectivity index (χ0n) is 17.1. The summed E-state index contributed by atoms with van der Waals surface area (Å²) in [6, 6.07) is 8.26. The summed E-state index contributed by atoms with van der Waals surface area (Å²) in [5, 5.41) is 25.2. The summed E-state index contributed by atoms with van der Waals surface area (Å²) in [6.45, 7) is 3.07. The Balaban J connectivity index is 1.10. The molecule has 2 atom stereocenters. The molecule has 6 rings (SSSR count). The molecule has 29 heavy (non-hydrogen) atoms. The van der Waals surface area contributed by atoms with E-state index in [0.29, 0.717) is 13.2 Å². The topological polar surface area (TPSA) is 85.1 Å². The molecule has 0 radical (unpaired) electrons. The van der Waals surface area contributed by atoms with E-state index in [9.17, 15) is 5.11 Å². The molecule has 1 aromatic heterocycles. The van der Waals surface area contributed by atoms with E-state index in [1.54, 1.807) is 11.0 Å². The third-order valence-electron chi connectivity index (χ3n) is 7.23. The molecule has 4 aliphatic carbocycles. The first-order chi connectivity index (χ1) is 14.1. The number of nitrogens with zero attached hydrogens (tertiary/aromatic N) is 4. The Morgan fingerprint density at radius 1 is 1.14 bits per heavy atom. The maximum absolute atomic E-state index is 10.5. The molecule has 156 valence electrons. The predicted octanol–water partition coefficient (Wildman–Crippen LogP) is 2.66. The Morgan fingerprint density at radius 2 is 1.79 bits per heavy atom. The van der Waals surface area contributed by atoms with Crippen molar-refractivity contribution in [2.45, 2.75) is 63.2 Å². The van der Waals surface area contributed by atoms with Gasteiger partial charge in [-0.25, -0.2) is 4.68 Å². The van der Waals surface area contributed by atoms with Crippen LogP contribution in [-0.4, -0.2) is 50.2 Å². The van der Waals surface area contributed by atoms with Crippen molar-refractivity contribution in [2.24, 2.45) is 17.8 Å². The molecule has 4 saturated carbocycles. The fourth-order valence-electron chi connectivity index (χ4n) is 6.17. The number of rotatable bonds is 8. The maximum atomic E-state index is 10.5. The van der Waals surface area contributed by atoms with Gasteiger partial charge in [-0.05, 0) is 91.3 Å². The SMILES string of the molecule is CC(NCC(O)COC12CC3CC(CC(C3)C1)C2)c1ccc(-n2cnnn2)cc1. The minimum absolute atomic E-state index is 0.0629. The van der Waals surface area contributed by atoms with Gasteiger partial charge in [-0.2, -0.15) is 0 Å². The molecule has 4 fully saturated rings. The molecule has 4 aliphatic rings. The van der Waals surface area contributed by atoms with E-state index in [1.165, 1.54) is 38.5 Å². The molecule has 2 N–H and O–H groups in total. The van der Waals surface area contributed by atoms with E-state index in [-0.39, 0.29) is 11.6 Å². The van der Waals surface area contributed by atoms with Crippen LogP contribution in [0.1, 0.15) is 57.1 Å². The standard InChI is InChI=1S/C22H31N5O2/c1-15(19-2-4-20(5-3-19)27-14-24-25-26-27)23-12-21(28)13-29-22-9-16-6-17(10-22)8-18(7-16)11-22/h2-5,14-18,21,23,28H,6-13H2,1H3. The number of aromatic nitrogens is 4. The lowest BCUT2D eigenvalue weighted by Gasteiger charge is -2.56. The number of hydrogen-bond donors (Lipinski definition) is 2. The zero-order chi connectivity index (χ0) is 19.8. The number of benzene rings is 1. The highest BCUT2D eigenvalue weighted by Crippen LogP contribution is 2.57. The number of tetrazole rings is 1. The third-order valence-corrected chi connectivity index (χ3v) is 7.23. The molecule has 2 aromatic rings. The molecule has 0 spiro atoms. The molecule has 4 bridgehead atoms. The first-order valence-electron chi connectivity index (χ1n) is 11.0. The van der Waals surface area contributed by atoms with Gasteiger partial charge in [0.25, 0.3) is 0 Å². The molecule has 7 nitrogen and oxygen atoms in total. The molecule has 7 heteroatoms. The van der Waals surface area contributed by atoms with Gasteiger partial charge in [0.2, 0.25) is 0 Å². The molecule has 2 unspecified atom stereocenters. The largest absolute Gasteiger partial charge is 0.389 e. The third kappa shape index (κ3) is 4.09. The Morgan fingerprint density at radius 3 is 2.38 bits per heavy atom. The predicted molar refractivity (Wildman–Crippen MR) is 108 cm³/mol. The van der Waals surface area contributed by atoms with Crippen LogP contribution in [-0.2, 0) is 4.74 Å². The Kier molecular flexibility index (Phi) is 5.14. The first kappa shape index (κ1) is 19.2. The zero-order valence-corrected chi connectivity index (χ0v) is 17.1. The molecule has 0 aliphatic heterocycles. The van der Waals surface area contributed by atoms with Crippen molar-refractivity contribution in [3.8, 4) is 5.69 Å². The number of hydrogen-bond acceptors (Lipinski definition) is 6. The van der Waals surface area contributed by atoms with Crippen LogP contribution in [0, 0.1) is 17.8 Å². The molecule has 0 saturated heterocycles. The lowest BCUT2D eigenvalue weighted by molar-refractivity contribution is -0.174. The maximum Gasteiger partial charge on any atom is 0.143 e. The average Bonchev–Trinajstić information content (AvgIpc) is 3.24. The summed E-state index contributed by atoms with van der Waals surface area (Å²) < 4.78 is 8.02. The summed E-state index contributed by atoms with van der Waals surface area (Å²) in [5.41, 5.74) is 2.15. The molecular weight excluding hydrogens is 366 g/mol. The Labute approximate surface area is 171 Å². The second-order valence-corrected chi connectivity index (χ2v) is 9.54. The Hall–Kier alpha value is -1.83. The highest BCUT2D eigenvalue weighted by atomic mass is 16.5. The van der Waals surface area contributed by atoms with Crippen molar-refractivity contribution in [3.05, 3.63) is 36.2 Å². The van der Waals surface area contributed by atoms with Gasteiger partial charge in [-0.1, -0.05) is 12.1 Å². The van der Waals surface area contributed by atoms with Crippen molar-refractivity contribution in [1.82, 2.24) is 25.5 Å². The monoisotopic (exact) mass is 397 g/mol. The summed E-state index contributed by atoms with van der Waals surface area (Å²) in [4.78, 5) is 0. The van der Waals surface area contributed by atoms with Crippen LogP contribution in [0.3, 0.4) is 0 Å². The normalized spacial score (nSPS) is 32.4. The van der Waals surface area contributed by atoms with Gasteiger partial charge in [-0.15, -0.1) is 5.10 Å². The van der Waals surface area contributed by atoms with Crippen LogP contribution in [0.15, 0.2) is 30.6 Å². The van der Waals surface area contributed by atoms with E-state index in [1.807, 2.05) is 12.1 Å². The number of ether oxygens (including phenoxy) is 1. The van der Waals surface area contributed by atoms with Gasteiger partial charge in [-0.3, -0.25) is 0 Å². The van der Waals surface area contributed by atoms with Gasteiger partial charge >= 0.3 is 0 Å². The number of aliphatic hydroxyl groups excluding tert-OH is 1. The fraction of sp³-hybridized carbons (Fsp3) is 0.682. The number of nitrogens with one attached hydrogen (secondary N) is 1. The van der Waals surface area contributed by atoms with E-state index in [4.69, 9.17) is 4.74 Å². The van der Waals surface area contributed by atoms with Gasteiger partial charge in [0, 0.05) is 12.6 Å². The summed E-state index contributed by atoms with van der Waals surface area (Å²) in [7, 11) is 0. The Bertz CT molecular complexity index is 772. The van der Waals surface area contributed by atoms with E-state index in [0.717, 1.165) is 29.0 Å². The van der Waals surface area contributed by atoms with Gasteiger partial charge < -0.3 is 15.2 Å². The van der Waals surface area contributed by atoms with Crippen molar-refractivity contribution in [2.75, 3.05) is 13.2 Å². The van der Waals surface area contributed by atoms with Crippen LogP contribution in [0.25, 0.3) is 5.69 Å². The first-order valence-corrected chi connectivity index (χ1v) is 11.0. The average molecular weight is 398 g/mol. The molecular formula is C22H31N5O2. The van der Waals surface area contributed by atoms with Crippen LogP contribution >= 0.6 is 0 Å². The minimum atomic E-state index is -0.481. The highest BCUT2D eigenvalue weighted by molar-refractivity contribution is 5.34. The summed E-state index contributed by atoms with van der Waals surface area (Å²) in [6.07, 6.45) is 8.97. The van der Waals surface area contributed by atoms with E-state index < -0.39 is 6.10 Å². The molecule has 1 aromatic carbocycles. The van der Waals surface area contributed by atoms with Crippen molar-refractivity contribution < 1.29 is 9.84 Å². The van der Waals surface area contributed by atoms with Gasteiger partial charge in [0.1, 0.15) is 6.33 Å². The van der Waals surface area contributed by atoms with Crippen LogP contribution < -0.4 is 5.32 Å². The van der Waals surface area contributed by atoms with Crippen molar-refractivity contribution in [3.63, 3.8) is 0 Å². The van der Waals surface area contributed by atoms with Crippen LogP contribution in [0.2, 0.25) is 0 Å². The second kappa shape index (κ2) is 7.78. The van der Waals surface area contributed by atoms with Crippen molar-refractivity contribution in [1.29, 1.82) is 0 Å². The second-order valence-electron chi connectivity index (χ2n) is 9.54. The highest BCUT2D eigenvalue weighted by Gasteiger charge is 2.51. The van der Waals surface area contributed by atoms with Gasteiger partial charge in [0.15, 0.2) is 0 Å². The van der Waals surface area contributed by atoms with Gasteiger partial charge in [0.05, 0.1) is 24.0 Å². The van der Waals surface area contributed by atoms with E-state index >= 15 is 0 Å². The molecule has 0 amide bonds. The summed E-state index contributed by atoms with van der Waals surface area (Å²) in [5.74, 6) is 2.61. The van der Waals surface area contributed by atoms with E-state index in [2.05, 4.69) is 39.9 Å². The van der Waals surface area contributed by atoms with Crippen molar-refractivity contribution >= 4 is 0 Å². The quantitative estimate of drug-likeness (QED) is 0.712. The lowest BCUT2D eigenvalue weighted by atomic mass is 9.54. The summed E-state index contributed by atoms with van der Waals surface area (Å²) >= 11 is 0. The fourth-order valence-corrected chi connectivity index (χ4v) is 6.17. The number of aliphatic hydroxyl groups is 1. The van der Waals surface area contributed by atoms with Crippen LogP contribution in [0.5, 0.6) is 0 Å². The smallest absolute Gasteiger partial charge is 0.143 e.